The first-order valence-electron chi connectivity index (χ1n) is 7.81. The van der Waals surface area contributed by atoms with Crippen molar-refractivity contribution in [2.45, 2.75) is 31.1 Å². The van der Waals surface area contributed by atoms with E-state index in [1.54, 1.807) is 0 Å². The summed E-state index contributed by atoms with van der Waals surface area (Å²) >= 11 is 0. The minimum absolute atomic E-state index is 0.117. The number of carbonyl (C=O) groups is 4. The molecule has 0 aliphatic carbocycles. The van der Waals surface area contributed by atoms with Gasteiger partial charge in [0, 0.05) is 19.1 Å². The number of alkyl halides is 3. The predicted octanol–water partition coefficient (Wildman–Crippen LogP) is -0.350. The van der Waals surface area contributed by atoms with E-state index in [4.69, 9.17) is 4.74 Å². The number of ether oxygens (including phenoxy) is 2. The number of piperidine rings is 1. The van der Waals surface area contributed by atoms with E-state index in [-0.39, 0.29) is 25.7 Å². The van der Waals surface area contributed by atoms with E-state index in [0.717, 1.165) is 0 Å². The summed E-state index contributed by atoms with van der Waals surface area (Å²) in [6.07, 6.45) is -5.06. The molecule has 26 heavy (non-hydrogen) atoms. The van der Waals surface area contributed by atoms with E-state index < -0.39 is 42.6 Å². The zero-order chi connectivity index (χ0) is 19.5. The smallest absolute Gasteiger partial charge is 0.467 e. The molecule has 2 saturated heterocycles. The lowest BCUT2D eigenvalue weighted by molar-refractivity contribution is -0.174. The second-order valence-electron chi connectivity index (χ2n) is 5.82. The van der Waals surface area contributed by atoms with Gasteiger partial charge in [0.05, 0.1) is 13.7 Å². The average molecular weight is 381 g/mol. The van der Waals surface area contributed by atoms with Crippen LogP contribution < -0.4 is 5.32 Å². The molecule has 0 aromatic rings. The number of halogens is 3. The van der Waals surface area contributed by atoms with E-state index in [1.807, 2.05) is 0 Å². The number of amides is 3. The molecule has 2 rings (SSSR count). The second-order valence-corrected chi connectivity index (χ2v) is 5.82. The monoisotopic (exact) mass is 381 g/mol. The molecule has 0 radical (unpaired) electrons. The number of likely N-dealkylation sites (tertiary alicyclic amines) is 1. The highest BCUT2D eigenvalue weighted by Crippen LogP contribution is 2.24. The molecule has 0 bridgehead atoms. The second kappa shape index (κ2) is 7.79. The van der Waals surface area contributed by atoms with Crippen molar-refractivity contribution in [1.82, 2.24) is 15.1 Å². The van der Waals surface area contributed by atoms with Crippen molar-refractivity contribution in [2.75, 3.05) is 33.4 Å². The molecule has 2 heterocycles. The largest absolute Gasteiger partial charge is 0.471 e. The van der Waals surface area contributed by atoms with Crippen LogP contribution in [0.5, 0.6) is 0 Å². The quantitative estimate of drug-likeness (QED) is 0.668. The Bertz CT molecular complexity index is 589. The number of cyclic esters (lactones) is 1. The Kier molecular flexibility index (Phi) is 5.93. The maximum atomic E-state index is 12.1. The van der Waals surface area contributed by atoms with Gasteiger partial charge in [-0.2, -0.15) is 13.2 Å². The van der Waals surface area contributed by atoms with Crippen LogP contribution in [-0.2, 0) is 23.9 Å². The fraction of sp³-hybridized carbons (Fsp3) is 0.714. The molecular formula is C14H18F3N3O6. The SMILES string of the molecule is COC(=O)C1COC(=O)N1C1CCN(C(=O)CNC(=O)C(F)(F)F)CC1. The summed E-state index contributed by atoms with van der Waals surface area (Å²) in [6, 6.07) is -1.21. The van der Waals surface area contributed by atoms with Gasteiger partial charge in [0.2, 0.25) is 5.91 Å². The van der Waals surface area contributed by atoms with Gasteiger partial charge >= 0.3 is 24.1 Å². The van der Waals surface area contributed by atoms with Crippen LogP contribution in [0.2, 0.25) is 0 Å². The maximum absolute atomic E-state index is 12.1. The van der Waals surface area contributed by atoms with Gasteiger partial charge in [-0.15, -0.1) is 0 Å². The highest BCUT2D eigenvalue weighted by atomic mass is 19.4. The third-order valence-corrected chi connectivity index (χ3v) is 4.25. The number of hydrogen-bond acceptors (Lipinski definition) is 6. The van der Waals surface area contributed by atoms with Crippen LogP contribution in [0, 0.1) is 0 Å². The lowest BCUT2D eigenvalue weighted by Gasteiger charge is -2.37. The Labute approximate surface area is 146 Å². The number of rotatable bonds is 4. The molecule has 12 heteroatoms. The number of methoxy groups -OCH3 is 1. The summed E-state index contributed by atoms with van der Waals surface area (Å²) in [5, 5.41) is 1.52. The van der Waals surface area contributed by atoms with Gasteiger partial charge in [-0.25, -0.2) is 9.59 Å². The normalized spacial score (nSPS) is 21.4. The van der Waals surface area contributed by atoms with Crippen molar-refractivity contribution >= 4 is 23.9 Å². The Balaban J connectivity index is 1.86. The van der Waals surface area contributed by atoms with Crippen molar-refractivity contribution in [3.05, 3.63) is 0 Å². The topological polar surface area (TPSA) is 105 Å². The van der Waals surface area contributed by atoms with Crippen LogP contribution >= 0.6 is 0 Å². The van der Waals surface area contributed by atoms with Crippen molar-refractivity contribution in [1.29, 1.82) is 0 Å². The third kappa shape index (κ3) is 4.35. The number of esters is 1. The van der Waals surface area contributed by atoms with Crippen molar-refractivity contribution < 1.29 is 41.8 Å². The Morgan fingerprint density at radius 3 is 2.42 bits per heavy atom. The van der Waals surface area contributed by atoms with Crippen LogP contribution in [0.15, 0.2) is 0 Å². The first kappa shape index (κ1) is 19.8. The average Bonchev–Trinajstić information content (AvgIpc) is 2.99. The lowest BCUT2D eigenvalue weighted by atomic mass is 10.0. The first-order valence-corrected chi connectivity index (χ1v) is 7.81. The third-order valence-electron chi connectivity index (χ3n) is 4.25. The van der Waals surface area contributed by atoms with E-state index in [1.165, 1.54) is 22.2 Å². The maximum Gasteiger partial charge on any atom is 0.471 e. The van der Waals surface area contributed by atoms with Crippen LogP contribution in [0.1, 0.15) is 12.8 Å². The Hall–Kier alpha value is -2.53. The molecule has 2 aliphatic rings. The van der Waals surface area contributed by atoms with E-state index in [0.29, 0.717) is 12.8 Å². The lowest BCUT2D eigenvalue weighted by Crippen LogP contribution is -2.53. The molecule has 0 aromatic heterocycles. The summed E-state index contributed by atoms with van der Waals surface area (Å²) in [5.74, 6) is -3.44. The highest BCUT2D eigenvalue weighted by molar-refractivity contribution is 5.87. The molecular weight excluding hydrogens is 363 g/mol. The highest BCUT2D eigenvalue weighted by Gasteiger charge is 2.44. The Morgan fingerprint density at radius 1 is 1.27 bits per heavy atom. The van der Waals surface area contributed by atoms with Gasteiger partial charge in [0.1, 0.15) is 6.61 Å². The summed E-state index contributed by atoms with van der Waals surface area (Å²) in [6.45, 7) is -0.542. The molecule has 1 atom stereocenters. The van der Waals surface area contributed by atoms with Crippen LogP contribution in [0.4, 0.5) is 18.0 Å². The van der Waals surface area contributed by atoms with E-state index in [9.17, 15) is 32.3 Å². The van der Waals surface area contributed by atoms with E-state index in [2.05, 4.69) is 4.74 Å². The minimum Gasteiger partial charge on any atom is -0.467 e. The van der Waals surface area contributed by atoms with Gasteiger partial charge < -0.3 is 19.7 Å². The van der Waals surface area contributed by atoms with Crippen molar-refractivity contribution in [3.63, 3.8) is 0 Å². The summed E-state index contributed by atoms with van der Waals surface area (Å²) in [5.41, 5.74) is 0. The summed E-state index contributed by atoms with van der Waals surface area (Å²) < 4.78 is 45.8. The number of hydrogen-bond donors (Lipinski definition) is 1. The number of nitrogens with zero attached hydrogens (tertiary/aromatic N) is 2. The zero-order valence-electron chi connectivity index (χ0n) is 13.9. The van der Waals surface area contributed by atoms with Gasteiger partial charge in [0.25, 0.3) is 0 Å². The van der Waals surface area contributed by atoms with Crippen LogP contribution in [0.25, 0.3) is 0 Å². The summed E-state index contributed by atoms with van der Waals surface area (Å²) in [7, 11) is 1.19. The van der Waals surface area contributed by atoms with Crippen LogP contribution in [-0.4, -0.2) is 85.3 Å². The van der Waals surface area contributed by atoms with Crippen molar-refractivity contribution in [3.8, 4) is 0 Å². The molecule has 1 N–H and O–H groups in total. The number of nitrogens with one attached hydrogen (secondary N) is 1. The molecule has 0 aromatic carbocycles. The van der Waals surface area contributed by atoms with Gasteiger partial charge in [-0.05, 0) is 12.8 Å². The molecule has 2 fully saturated rings. The standard InChI is InChI=1S/C14H18F3N3O6/c1-25-11(22)9-7-26-13(24)20(9)8-2-4-19(5-3-8)10(21)6-18-12(23)14(15,16)17/h8-9H,2-7H2,1H3,(H,18,23). The molecule has 0 saturated carbocycles. The molecule has 0 spiro atoms. The molecule has 1 unspecified atom stereocenters. The van der Waals surface area contributed by atoms with Crippen molar-refractivity contribution in [2.24, 2.45) is 0 Å². The molecule has 3 amide bonds. The fourth-order valence-electron chi connectivity index (χ4n) is 2.91. The fourth-order valence-corrected chi connectivity index (χ4v) is 2.91. The van der Waals surface area contributed by atoms with Gasteiger partial charge in [-0.1, -0.05) is 0 Å². The molecule has 9 nitrogen and oxygen atoms in total. The predicted molar refractivity (Wildman–Crippen MR) is 77.7 cm³/mol. The van der Waals surface area contributed by atoms with Crippen LogP contribution in [0.3, 0.4) is 0 Å². The number of carbonyl (C=O) groups excluding carboxylic acids is 4. The van der Waals surface area contributed by atoms with Gasteiger partial charge in [-0.3, -0.25) is 14.5 Å². The molecule has 146 valence electrons. The minimum atomic E-state index is -5.05. The van der Waals surface area contributed by atoms with Gasteiger partial charge in [0.15, 0.2) is 6.04 Å². The molecule has 2 aliphatic heterocycles. The van der Waals surface area contributed by atoms with E-state index >= 15 is 0 Å². The first-order chi connectivity index (χ1) is 12.1. The summed E-state index contributed by atoms with van der Waals surface area (Å²) in [4.78, 5) is 48.8. The zero-order valence-corrected chi connectivity index (χ0v) is 13.9. The Morgan fingerprint density at radius 2 is 1.88 bits per heavy atom.